The molecule has 3 heteroatoms. The lowest BCUT2D eigenvalue weighted by molar-refractivity contribution is 0.586. The summed E-state index contributed by atoms with van der Waals surface area (Å²) in [7, 11) is 0. The standard InChI is InChI=1S/C13H22N2S/c1-10(2)15-8-5-9-16-12-7-4-6-11(3)13(12)14/h4,6-7,10,15H,5,8-9,14H2,1-3H3. The second-order valence-corrected chi connectivity index (χ2v) is 5.43. The number of para-hydroxylation sites is 1. The molecular formula is C13H22N2S. The van der Waals surface area contributed by atoms with Gasteiger partial charge in [0.25, 0.3) is 0 Å². The number of nitrogens with one attached hydrogen (secondary N) is 1. The van der Waals surface area contributed by atoms with Crippen LogP contribution in [0, 0.1) is 6.92 Å². The Balaban J connectivity index is 2.29. The molecule has 1 rings (SSSR count). The Morgan fingerprint density at radius 1 is 1.38 bits per heavy atom. The Kier molecular flexibility index (Phi) is 5.71. The number of benzene rings is 1. The Morgan fingerprint density at radius 3 is 2.81 bits per heavy atom. The molecule has 0 aliphatic carbocycles. The largest absolute Gasteiger partial charge is 0.398 e. The summed E-state index contributed by atoms with van der Waals surface area (Å²) in [6, 6.07) is 6.80. The number of hydrogen-bond donors (Lipinski definition) is 2. The predicted molar refractivity (Wildman–Crippen MR) is 74.1 cm³/mol. The van der Waals surface area contributed by atoms with Crippen molar-refractivity contribution in [2.24, 2.45) is 0 Å². The van der Waals surface area contributed by atoms with Gasteiger partial charge in [0.15, 0.2) is 0 Å². The highest BCUT2D eigenvalue weighted by atomic mass is 32.2. The number of nitrogen functional groups attached to an aromatic ring is 1. The zero-order valence-corrected chi connectivity index (χ0v) is 11.2. The minimum absolute atomic E-state index is 0.578. The zero-order chi connectivity index (χ0) is 12.0. The molecule has 0 bridgehead atoms. The summed E-state index contributed by atoms with van der Waals surface area (Å²) >= 11 is 1.85. The molecule has 0 fully saturated rings. The lowest BCUT2D eigenvalue weighted by Gasteiger charge is -2.09. The lowest BCUT2D eigenvalue weighted by Crippen LogP contribution is -2.23. The van der Waals surface area contributed by atoms with E-state index in [2.05, 4.69) is 44.3 Å². The molecule has 0 aliphatic rings. The van der Waals surface area contributed by atoms with Crippen LogP contribution in [0.2, 0.25) is 0 Å². The van der Waals surface area contributed by atoms with Crippen molar-refractivity contribution >= 4 is 17.4 Å². The third-order valence-corrected chi connectivity index (χ3v) is 3.58. The minimum atomic E-state index is 0.578. The monoisotopic (exact) mass is 238 g/mol. The third-order valence-electron chi connectivity index (χ3n) is 2.42. The van der Waals surface area contributed by atoms with Crippen molar-refractivity contribution in [1.82, 2.24) is 5.32 Å². The molecule has 2 nitrogen and oxygen atoms in total. The van der Waals surface area contributed by atoms with Gasteiger partial charge in [0, 0.05) is 16.6 Å². The molecule has 16 heavy (non-hydrogen) atoms. The first-order valence-electron chi connectivity index (χ1n) is 5.82. The second kappa shape index (κ2) is 6.81. The quantitative estimate of drug-likeness (QED) is 0.454. The molecule has 0 unspecified atom stereocenters. The van der Waals surface area contributed by atoms with Crippen LogP contribution >= 0.6 is 11.8 Å². The van der Waals surface area contributed by atoms with E-state index in [9.17, 15) is 0 Å². The van der Waals surface area contributed by atoms with E-state index in [-0.39, 0.29) is 0 Å². The first-order chi connectivity index (χ1) is 7.61. The van der Waals surface area contributed by atoms with Crippen LogP contribution in [0.1, 0.15) is 25.8 Å². The number of aryl methyl sites for hydroxylation is 1. The normalized spacial score (nSPS) is 11.0. The summed E-state index contributed by atoms with van der Waals surface area (Å²) in [5.74, 6) is 1.12. The molecule has 0 aliphatic heterocycles. The van der Waals surface area contributed by atoms with Gasteiger partial charge in [-0.05, 0) is 37.3 Å². The molecule has 90 valence electrons. The van der Waals surface area contributed by atoms with E-state index in [1.54, 1.807) is 0 Å². The van der Waals surface area contributed by atoms with Crippen molar-refractivity contribution in [2.45, 2.75) is 38.1 Å². The van der Waals surface area contributed by atoms with Gasteiger partial charge in [-0.25, -0.2) is 0 Å². The summed E-state index contributed by atoms with van der Waals surface area (Å²) in [5, 5.41) is 3.41. The van der Waals surface area contributed by atoms with Crippen LogP contribution in [-0.4, -0.2) is 18.3 Å². The van der Waals surface area contributed by atoms with Crippen LogP contribution in [-0.2, 0) is 0 Å². The molecule has 1 aromatic rings. The lowest BCUT2D eigenvalue weighted by atomic mass is 10.2. The van der Waals surface area contributed by atoms with Crippen LogP contribution < -0.4 is 11.1 Å². The van der Waals surface area contributed by atoms with E-state index in [0.717, 1.165) is 18.0 Å². The van der Waals surface area contributed by atoms with Crippen LogP contribution in [0.25, 0.3) is 0 Å². The number of hydrogen-bond acceptors (Lipinski definition) is 3. The molecule has 3 N–H and O–H groups in total. The third kappa shape index (κ3) is 4.45. The van der Waals surface area contributed by atoms with Crippen molar-refractivity contribution < 1.29 is 0 Å². The SMILES string of the molecule is Cc1cccc(SCCCNC(C)C)c1N. The van der Waals surface area contributed by atoms with Gasteiger partial charge in [0.1, 0.15) is 0 Å². The highest BCUT2D eigenvalue weighted by Crippen LogP contribution is 2.27. The summed E-state index contributed by atoms with van der Waals surface area (Å²) < 4.78 is 0. The van der Waals surface area contributed by atoms with Gasteiger partial charge in [-0.1, -0.05) is 26.0 Å². The summed E-state index contributed by atoms with van der Waals surface area (Å²) in [6.07, 6.45) is 1.18. The van der Waals surface area contributed by atoms with E-state index in [0.29, 0.717) is 6.04 Å². The van der Waals surface area contributed by atoms with Gasteiger partial charge in [-0.2, -0.15) is 0 Å². The van der Waals surface area contributed by atoms with Crippen molar-refractivity contribution in [2.75, 3.05) is 18.0 Å². The van der Waals surface area contributed by atoms with Gasteiger partial charge in [-0.15, -0.1) is 11.8 Å². The van der Waals surface area contributed by atoms with Gasteiger partial charge in [0.2, 0.25) is 0 Å². The van der Waals surface area contributed by atoms with E-state index < -0.39 is 0 Å². The molecule has 0 spiro atoms. The maximum absolute atomic E-state index is 6.01. The maximum atomic E-state index is 6.01. The Hall–Kier alpha value is -0.670. The predicted octanol–water partition coefficient (Wildman–Crippen LogP) is 3.06. The molecule has 0 atom stereocenters. The molecule has 0 amide bonds. The highest BCUT2D eigenvalue weighted by Gasteiger charge is 2.01. The summed E-state index contributed by atoms with van der Waals surface area (Å²) in [6.45, 7) is 7.48. The Bertz CT molecular complexity index is 324. The fourth-order valence-electron chi connectivity index (χ4n) is 1.42. The molecular weight excluding hydrogens is 216 g/mol. The van der Waals surface area contributed by atoms with E-state index in [1.165, 1.54) is 16.9 Å². The average Bonchev–Trinajstić information content (AvgIpc) is 2.23. The first kappa shape index (κ1) is 13.4. The second-order valence-electron chi connectivity index (χ2n) is 4.30. The average molecular weight is 238 g/mol. The number of thioether (sulfide) groups is 1. The van der Waals surface area contributed by atoms with E-state index >= 15 is 0 Å². The van der Waals surface area contributed by atoms with E-state index in [4.69, 9.17) is 5.73 Å². The van der Waals surface area contributed by atoms with Crippen LogP contribution in [0.4, 0.5) is 5.69 Å². The first-order valence-corrected chi connectivity index (χ1v) is 6.81. The van der Waals surface area contributed by atoms with Gasteiger partial charge >= 0.3 is 0 Å². The number of nitrogens with two attached hydrogens (primary N) is 1. The van der Waals surface area contributed by atoms with Gasteiger partial charge < -0.3 is 11.1 Å². The molecule has 1 aromatic carbocycles. The van der Waals surface area contributed by atoms with Gasteiger partial charge in [0.05, 0.1) is 0 Å². The maximum Gasteiger partial charge on any atom is 0.0481 e. The Labute approximate surface area is 103 Å². The molecule has 0 heterocycles. The van der Waals surface area contributed by atoms with E-state index in [1.807, 2.05) is 11.8 Å². The molecule has 0 radical (unpaired) electrons. The fraction of sp³-hybridized carbons (Fsp3) is 0.538. The fourth-order valence-corrected chi connectivity index (χ4v) is 2.42. The smallest absolute Gasteiger partial charge is 0.0481 e. The summed E-state index contributed by atoms with van der Waals surface area (Å²) in [4.78, 5) is 1.21. The van der Waals surface area contributed by atoms with Gasteiger partial charge in [-0.3, -0.25) is 0 Å². The molecule has 0 aromatic heterocycles. The van der Waals surface area contributed by atoms with Crippen molar-refractivity contribution in [3.05, 3.63) is 23.8 Å². The van der Waals surface area contributed by atoms with Crippen LogP contribution in [0.5, 0.6) is 0 Å². The van der Waals surface area contributed by atoms with Crippen LogP contribution in [0.3, 0.4) is 0 Å². The molecule has 0 saturated carbocycles. The van der Waals surface area contributed by atoms with Crippen molar-refractivity contribution in [3.63, 3.8) is 0 Å². The minimum Gasteiger partial charge on any atom is -0.398 e. The zero-order valence-electron chi connectivity index (χ0n) is 10.4. The number of anilines is 1. The number of rotatable bonds is 6. The van der Waals surface area contributed by atoms with Crippen molar-refractivity contribution in [3.8, 4) is 0 Å². The summed E-state index contributed by atoms with van der Waals surface area (Å²) in [5.41, 5.74) is 8.12. The molecule has 0 saturated heterocycles. The Morgan fingerprint density at radius 2 is 2.12 bits per heavy atom. The highest BCUT2D eigenvalue weighted by molar-refractivity contribution is 7.99. The van der Waals surface area contributed by atoms with Crippen LogP contribution in [0.15, 0.2) is 23.1 Å². The van der Waals surface area contributed by atoms with Crippen molar-refractivity contribution in [1.29, 1.82) is 0 Å². The topological polar surface area (TPSA) is 38.0 Å².